The predicted octanol–water partition coefficient (Wildman–Crippen LogP) is 1.61. The van der Waals surface area contributed by atoms with E-state index < -0.39 is 0 Å². The van der Waals surface area contributed by atoms with Gasteiger partial charge in [0, 0.05) is 10.6 Å². The van der Waals surface area contributed by atoms with Crippen LogP contribution in [0.2, 0.25) is 0 Å². The molecule has 0 radical (unpaired) electrons. The van der Waals surface area contributed by atoms with Crippen LogP contribution in [0.4, 0.5) is 4.79 Å². The molecule has 0 bridgehead atoms. The lowest BCUT2D eigenvalue weighted by Gasteiger charge is -2.25. The van der Waals surface area contributed by atoms with Crippen molar-refractivity contribution in [1.82, 2.24) is 20.9 Å². The van der Waals surface area contributed by atoms with Gasteiger partial charge >= 0.3 is 6.03 Å². The number of aryl methyl sites for hydroxylation is 2. The number of thiazole rings is 1. The van der Waals surface area contributed by atoms with Gasteiger partial charge in [-0.25, -0.2) is 9.78 Å². The monoisotopic (exact) mass is 308 g/mol. The van der Waals surface area contributed by atoms with Gasteiger partial charge in [-0.15, -0.1) is 11.3 Å². The molecule has 0 unspecified atom stereocenters. The zero-order valence-corrected chi connectivity index (χ0v) is 13.5. The summed E-state index contributed by atoms with van der Waals surface area (Å²) in [4.78, 5) is 29.2. The summed E-state index contributed by atoms with van der Waals surface area (Å²) in [6.07, 6.45) is 0.852. The van der Waals surface area contributed by atoms with Gasteiger partial charge < -0.3 is 16.0 Å². The fourth-order valence-electron chi connectivity index (χ4n) is 2.42. The Labute approximate surface area is 128 Å². The van der Waals surface area contributed by atoms with E-state index in [0.29, 0.717) is 17.8 Å². The number of nitrogens with one attached hydrogen (secondary N) is 3. The van der Waals surface area contributed by atoms with Crippen molar-refractivity contribution in [2.45, 2.75) is 46.7 Å². The maximum Gasteiger partial charge on any atom is 0.319 e. The highest BCUT2D eigenvalue weighted by Crippen LogP contribution is 2.19. The van der Waals surface area contributed by atoms with Crippen LogP contribution >= 0.6 is 11.3 Å². The highest BCUT2D eigenvalue weighted by atomic mass is 32.1. The van der Waals surface area contributed by atoms with Gasteiger partial charge in [-0.05, 0) is 27.2 Å². The number of rotatable bonds is 4. The number of urea groups is 1. The Morgan fingerprint density at radius 2 is 2.14 bits per heavy atom. The molecule has 2 heterocycles. The van der Waals surface area contributed by atoms with Crippen molar-refractivity contribution in [2.24, 2.45) is 0 Å². The second kappa shape index (κ2) is 6.26. The second-order valence-corrected chi connectivity index (χ2v) is 6.29. The fourth-order valence-corrected chi connectivity index (χ4v) is 3.38. The van der Waals surface area contributed by atoms with E-state index in [9.17, 15) is 9.59 Å². The van der Waals surface area contributed by atoms with Crippen LogP contribution in [0.15, 0.2) is 11.3 Å². The highest BCUT2D eigenvalue weighted by molar-refractivity contribution is 7.11. The van der Waals surface area contributed by atoms with Crippen molar-refractivity contribution in [3.05, 3.63) is 26.8 Å². The van der Waals surface area contributed by atoms with Gasteiger partial charge in [0.15, 0.2) is 0 Å². The molecule has 0 saturated heterocycles. The van der Waals surface area contributed by atoms with E-state index >= 15 is 0 Å². The summed E-state index contributed by atoms with van der Waals surface area (Å²) < 4.78 is 0. The molecule has 114 valence electrons. The lowest BCUT2D eigenvalue weighted by molar-refractivity contribution is -0.118. The molecule has 2 rings (SSSR count). The Morgan fingerprint density at radius 3 is 2.76 bits per heavy atom. The maximum absolute atomic E-state index is 12.3. The van der Waals surface area contributed by atoms with E-state index in [1.165, 1.54) is 0 Å². The van der Waals surface area contributed by atoms with E-state index in [-0.39, 0.29) is 18.0 Å². The topological polar surface area (TPSA) is 83.1 Å². The van der Waals surface area contributed by atoms with Crippen LogP contribution < -0.4 is 16.0 Å². The van der Waals surface area contributed by atoms with Gasteiger partial charge in [-0.1, -0.05) is 6.92 Å². The summed E-state index contributed by atoms with van der Waals surface area (Å²) in [7, 11) is 0. The van der Waals surface area contributed by atoms with Crippen molar-refractivity contribution in [3.8, 4) is 0 Å². The normalized spacial score (nSPS) is 18.3. The quantitative estimate of drug-likeness (QED) is 0.790. The lowest BCUT2D eigenvalue weighted by atomic mass is 10.0. The Hall–Kier alpha value is -1.89. The van der Waals surface area contributed by atoms with E-state index in [2.05, 4.69) is 27.9 Å². The molecule has 1 aromatic rings. The number of carbonyl (C=O) groups is 2. The first kappa shape index (κ1) is 15.5. The molecule has 6 nitrogen and oxygen atoms in total. The predicted molar refractivity (Wildman–Crippen MR) is 81.9 cm³/mol. The largest absolute Gasteiger partial charge is 0.347 e. The highest BCUT2D eigenvalue weighted by Gasteiger charge is 2.26. The molecule has 0 aromatic carbocycles. The number of hydrogen-bond acceptors (Lipinski definition) is 4. The average Bonchev–Trinajstić information content (AvgIpc) is 2.75. The number of nitrogens with zero attached hydrogens (tertiary/aromatic N) is 1. The summed E-state index contributed by atoms with van der Waals surface area (Å²) >= 11 is 1.60. The molecule has 21 heavy (non-hydrogen) atoms. The van der Waals surface area contributed by atoms with Gasteiger partial charge in [0.25, 0.3) is 5.91 Å². The summed E-state index contributed by atoms with van der Waals surface area (Å²) in [6.45, 7) is 8.01. The van der Waals surface area contributed by atoms with Gasteiger partial charge in [-0.2, -0.15) is 0 Å². The minimum atomic E-state index is -0.299. The molecule has 1 aromatic heterocycles. The number of allylic oxidation sites excluding steroid dienone is 1. The molecule has 3 N–H and O–H groups in total. The first-order valence-electron chi connectivity index (χ1n) is 6.94. The molecular formula is C14H20N4O2S. The van der Waals surface area contributed by atoms with Crippen LogP contribution in [0.25, 0.3) is 0 Å². The second-order valence-electron chi connectivity index (χ2n) is 5.00. The molecule has 3 amide bonds. The third kappa shape index (κ3) is 3.41. The number of carbonyl (C=O) groups excluding carboxylic acids is 2. The Bertz CT molecular complexity index is 606. The number of hydrogen-bond donors (Lipinski definition) is 3. The number of amides is 3. The van der Waals surface area contributed by atoms with Crippen LogP contribution in [0, 0.1) is 6.92 Å². The lowest BCUT2D eigenvalue weighted by Crippen LogP contribution is -2.50. The smallest absolute Gasteiger partial charge is 0.319 e. The molecule has 7 heteroatoms. The zero-order chi connectivity index (χ0) is 15.6. The van der Waals surface area contributed by atoms with Crippen molar-refractivity contribution in [2.75, 3.05) is 0 Å². The summed E-state index contributed by atoms with van der Waals surface area (Å²) in [6, 6.07) is -0.574. The third-order valence-corrected chi connectivity index (χ3v) is 4.37. The van der Waals surface area contributed by atoms with E-state index in [0.717, 1.165) is 22.0 Å². The summed E-state index contributed by atoms with van der Waals surface area (Å²) in [5, 5.41) is 9.23. The van der Waals surface area contributed by atoms with Gasteiger partial charge in [0.2, 0.25) is 0 Å². The van der Waals surface area contributed by atoms with Crippen molar-refractivity contribution in [1.29, 1.82) is 0 Å². The Kier molecular flexibility index (Phi) is 4.62. The Balaban J connectivity index is 2.08. The standard InChI is InChI=1S/C14H20N4O2S/c1-5-10-11(21-9(4)18-10)6-15-13(19)12-7(2)16-14(20)17-8(12)3/h7H,5-6H2,1-4H3,(H,15,19)(H2,16,17,20)/t7-/m0/s1. The first-order valence-corrected chi connectivity index (χ1v) is 7.75. The van der Waals surface area contributed by atoms with E-state index in [1.54, 1.807) is 25.2 Å². The minimum absolute atomic E-state index is 0.166. The van der Waals surface area contributed by atoms with Crippen LogP contribution in [-0.2, 0) is 17.8 Å². The van der Waals surface area contributed by atoms with Crippen molar-refractivity contribution >= 4 is 23.3 Å². The van der Waals surface area contributed by atoms with Gasteiger partial charge in [-0.3, -0.25) is 4.79 Å². The van der Waals surface area contributed by atoms with Crippen molar-refractivity contribution in [3.63, 3.8) is 0 Å². The average molecular weight is 308 g/mol. The summed E-state index contributed by atoms with van der Waals surface area (Å²) in [5.74, 6) is -0.166. The fraction of sp³-hybridized carbons (Fsp3) is 0.500. The van der Waals surface area contributed by atoms with Crippen LogP contribution in [0.3, 0.4) is 0 Å². The van der Waals surface area contributed by atoms with Gasteiger partial charge in [0.05, 0.1) is 28.9 Å². The maximum atomic E-state index is 12.3. The zero-order valence-electron chi connectivity index (χ0n) is 12.7. The van der Waals surface area contributed by atoms with Crippen LogP contribution in [0.1, 0.15) is 36.3 Å². The summed E-state index contributed by atoms with van der Waals surface area (Å²) in [5.41, 5.74) is 2.19. The molecule has 1 aliphatic rings. The number of aromatic nitrogens is 1. The Morgan fingerprint density at radius 1 is 1.43 bits per heavy atom. The SMILES string of the molecule is CCc1nc(C)sc1CNC(=O)C1=C(C)NC(=O)N[C@H]1C. The third-order valence-electron chi connectivity index (χ3n) is 3.36. The van der Waals surface area contributed by atoms with Gasteiger partial charge in [0.1, 0.15) is 0 Å². The van der Waals surface area contributed by atoms with Crippen molar-refractivity contribution < 1.29 is 9.59 Å². The molecule has 0 fully saturated rings. The molecular weight excluding hydrogens is 288 g/mol. The molecule has 1 aliphatic heterocycles. The van der Waals surface area contributed by atoms with Crippen LogP contribution in [-0.4, -0.2) is 23.0 Å². The molecule has 0 spiro atoms. The van der Waals surface area contributed by atoms with Crippen LogP contribution in [0.5, 0.6) is 0 Å². The van der Waals surface area contributed by atoms with E-state index in [4.69, 9.17) is 0 Å². The molecule has 0 aliphatic carbocycles. The minimum Gasteiger partial charge on any atom is -0.347 e. The first-order chi connectivity index (χ1) is 9.92. The van der Waals surface area contributed by atoms with E-state index in [1.807, 2.05) is 6.92 Å². The molecule has 1 atom stereocenters. The molecule has 0 saturated carbocycles.